The van der Waals surface area contributed by atoms with Crippen LogP contribution in [0.2, 0.25) is 0 Å². The predicted octanol–water partition coefficient (Wildman–Crippen LogP) is 13.3. The van der Waals surface area contributed by atoms with E-state index in [0.717, 1.165) is 9.13 Å². The lowest BCUT2D eigenvalue weighted by molar-refractivity contribution is 1.18. The number of benzene rings is 10. The van der Waals surface area contributed by atoms with Crippen LogP contribution in [0.25, 0.3) is 86.3 Å². The summed E-state index contributed by atoms with van der Waals surface area (Å²) in [6, 6.07) is -28.3. The van der Waals surface area contributed by atoms with Gasteiger partial charge in [-0.05, 0) is 74.2 Å². The van der Waals surface area contributed by atoms with Crippen molar-refractivity contribution in [2.24, 2.45) is 0 Å². The number of hydrogen-bond acceptors (Lipinski definition) is 1. The van der Waals surface area contributed by atoms with Crippen LogP contribution in [0.5, 0.6) is 0 Å². The van der Waals surface area contributed by atoms with Gasteiger partial charge in [0.05, 0.1) is 80.4 Å². The van der Waals surface area contributed by atoms with Crippen molar-refractivity contribution in [3.63, 3.8) is 0 Å². The molecule has 4 heteroatoms. The fourth-order valence-electron chi connectivity index (χ4n) is 8.31. The Labute approximate surface area is 425 Å². The first-order valence-electron chi connectivity index (χ1n) is 36.7. The Morgan fingerprint density at radius 2 is 0.875 bits per heavy atom. The van der Waals surface area contributed by atoms with E-state index in [-0.39, 0.29) is 14.6 Å². The molecule has 0 fully saturated rings. The number of fused-ring (bicyclic) bond motifs is 10. The maximum Gasteiger partial charge on any atom is 0.179 e. The first-order chi connectivity index (χ1) is 46.3. The molecule has 13 aromatic rings. The van der Waals surface area contributed by atoms with Crippen molar-refractivity contribution < 1.29 is 48.0 Å². The van der Waals surface area contributed by atoms with Crippen LogP contribution in [0.3, 0.4) is 0 Å². The second-order valence-corrected chi connectivity index (χ2v) is 18.7. The molecule has 0 saturated heterocycles. The molecule has 0 radical (unpaired) electrons. The van der Waals surface area contributed by atoms with E-state index in [4.69, 9.17) is 21.9 Å². The maximum atomic E-state index is 10.6. The number of aromatic nitrogens is 2. The zero-order valence-corrected chi connectivity index (χ0v) is 34.0. The van der Waals surface area contributed by atoms with Gasteiger partial charge in [-0.2, -0.15) is 0 Å². The second-order valence-electron chi connectivity index (χ2n) is 14.1. The maximum absolute atomic E-state index is 10.6. The summed E-state index contributed by atoms with van der Waals surface area (Å²) in [6.07, 6.45) is 0. The number of para-hydroxylation sites is 3. The number of hydrogen-bond donors (Lipinski definition) is 0. The van der Waals surface area contributed by atoms with Crippen molar-refractivity contribution in [3.05, 3.63) is 242 Å². The smallest absolute Gasteiger partial charge is 0.179 e. The van der Waals surface area contributed by atoms with E-state index in [0.29, 0.717) is 11.3 Å². The lowest BCUT2D eigenvalue weighted by atomic mass is 10.1. The highest BCUT2D eigenvalue weighted by Gasteiger charge is 2.41. The minimum Gasteiger partial charge on any atom is -0.309 e. The molecule has 0 aliphatic rings. The molecule has 0 N–H and O–H groups in total. The Morgan fingerprint density at radius 3 is 1.52 bits per heavy atom. The van der Waals surface area contributed by atoms with E-state index in [1.807, 2.05) is 0 Å². The molecule has 10 aromatic carbocycles. The van der Waals surface area contributed by atoms with Crippen LogP contribution in [0.15, 0.2) is 242 Å². The molecule has 0 aliphatic carbocycles. The van der Waals surface area contributed by atoms with E-state index in [1.165, 1.54) is 30.3 Å². The summed E-state index contributed by atoms with van der Waals surface area (Å²) in [7, 11) is -5.91. The Bertz CT molecular complexity index is 5810. The normalized spacial score (nSPS) is 20.5. The predicted molar refractivity (Wildman–Crippen MR) is 277 cm³/mol. The molecule has 13 rings (SSSR count). The van der Waals surface area contributed by atoms with Crippen molar-refractivity contribution in [3.8, 4) is 22.5 Å². The van der Waals surface area contributed by atoms with Crippen LogP contribution < -0.4 is 20.7 Å². The van der Waals surface area contributed by atoms with Crippen LogP contribution in [0, 0.1) is 0 Å². The summed E-state index contributed by atoms with van der Waals surface area (Å²) in [5.74, 6) is 0. The summed E-state index contributed by atoms with van der Waals surface area (Å²) >= 11 is 0.514. The third kappa shape index (κ3) is 5.43. The van der Waals surface area contributed by atoms with Gasteiger partial charge >= 0.3 is 0 Å². The van der Waals surface area contributed by atoms with Crippen LogP contribution in [0.1, 0.15) is 48.0 Å². The molecule has 3 heterocycles. The molecule has 0 spiro atoms. The molecule has 1 atom stereocenters. The van der Waals surface area contributed by atoms with Crippen LogP contribution >= 0.6 is 11.3 Å². The summed E-state index contributed by atoms with van der Waals surface area (Å²) in [4.78, 5) is 0. The minimum absolute atomic E-state index is 0.286. The SMILES string of the molecule is [2H]c1c([2H])c([2H])c(-c2c([2H])c([2H])c([Si](c3ccccc3)(c3c([2H])c([2H])c([2H])c([2H])c3[2H])c3c([2H])c([2H])c(-n4c5c([2H])c([2H])c([2H])c([2H])c5c5c([2H])c(-n6c7c([2H])c([2H])c([2H])c([2H])c7c7c([2H])c([2H])c([2H])c([2H])c76)c6sc7c([2H])c([2H])c([2H])c([2H])c7c6c54)c([2H])c3[2H])c([2H])c2[2H])c([2H])c1[2H]. The summed E-state index contributed by atoms with van der Waals surface area (Å²) in [5, 5.41) is -6.27. The average Bonchev–Trinajstić information content (AvgIpc) is 1.67. The van der Waals surface area contributed by atoms with Crippen molar-refractivity contribution in [2.75, 3.05) is 0 Å². The van der Waals surface area contributed by atoms with Crippen molar-refractivity contribution in [2.45, 2.75) is 0 Å². The van der Waals surface area contributed by atoms with E-state index >= 15 is 0 Å². The highest BCUT2D eigenvalue weighted by molar-refractivity contribution is 7.26. The number of thiophene rings is 1. The number of nitrogens with zero attached hydrogens (tertiary/aromatic N) is 2. The largest absolute Gasteiger partial charge is 0.309 e. The lowest BCUT2D eigenvalue weighted by Crippen LogP contribution is -2.74. The highest BCUT2D eigenvalue weighted by Crippen LogP contribution is 2.47. The van der Waals surface area contributed by atoms with Gasteiger partial charge in [0.25, 0.3) is 0 Å². The van der Waals surface area contributed by atoms with Crippen LogP contribution in [-0.4, -0.2) is 17.2 Å². The van der Waals surface area contributed by atoms with E-state index in [1.54, 1.807) is 0 Å². The first-order valence-corrected chi connectivity index (χ1v) is 22.0. The first kappa shape index (κ1) is 16.1. The van der Waals surface area contributed by atoms with Gasteiger partial charge in [0.15, 0.2) is 8.07 Å². The Balaban J connectivity index is 1.30. The molecule has 2 nitrogen and oxygen atoms in total. The van der Waals surface area contributed by atoms with Crippen molar-refractivity contribution in [1.82, 2.24) is 9.13 Å². The van der Waals surface area contributed by atoms with Crippen molar-refractivity contribution in [1.29, 1.82) is 0 Å². The van der Waals surface area contributed by atoms with Gasteiger partial charge in [0.1, 0.15) is 0 Å². The summed E-state index contributed by atoms with van der Waals surface area (Å²) < 4.78 is 329. The molecule has 1 unspecified atom stereocenters. The zero-order chi connectivity index (χ0) is 72.7. The highest BCUT2D eigenvalue weighted by atomic mass is 32.1. The molecule has 300 valence electrons. The van der Waals surface area contributed by atoms with Gasteiger partial charge in [-0.3, -0.25) is 0 Å². The molecule has 3 aromatic heterocycles. The van der Waals surface area contributed by atoms with E-state index in [2.05, 4.69) is 0 Å². The van der Waals surface area contributed by atoms with Crippen LogP contribution in [-0.2, 0) is 0 Å². The topological polar surface area (TPSA) is 9.86 Å². The third-order valence-electron chi connectivity index (χ3n) is 10.9. The van der Waals surface area contributed by atoms with Gasteiger partial charge < -0.3 is 9.13 Å². The second kappa shape index (κ2) is 14.7. The van der Waals surface area contributed by atoms with Gasteiger partial charge in [0.2, 0.25) is 0 Å². The average molecular weight is 884 g/mol. The molecule has 0 saturated carbocycles. The standard InChI is InChI=1S/C60H40N2SSi/c1-4-18-41(19-5-1)42-32-36-46(37-33-42)64(44-20-6-2-7-21-44,45-22-8-3-9-23-45)47-38-34-43(35-39-47)61-53-28-14-12-26-50(53)52-40-56(60-58(59(52)61)51-27-13-17-31-57(51)63-60)62-54-29-15-10-24-48(54)49-25-11-16-30-55(49)62/h1-40H/i1D,2D,4D,5D,6D,7D,10D,11D,12D,13D,14D,15D,16D,17D,18D,19D,20D,21D,24D,25D,26D,27D,28D,29D,30D,31D,32D,33D,34D,35D,36D,37D,38D,39D,40D. The lowest BCUT2D eigenvalue weighted by Gasteiger charge is -2.34. The van der Waals surface area contributed by atoms with Crippen LogP contribution in [0.4, 0.5) is 0 Å². The molecular formula is C60H40N2SSi. The monoisotopic (exact) mass is 883 g/mol. The third-order valence-corrected chi connectivity index (χ3v) is 16.2. The van der Waals surface area contributed by atoms with Gasteiger partial charge in [-0.1, -0.05) is 200 Å². The fourth-order valence-corrected chi connectivity index (χ4v) is 13.2. The Kier molecular flexibility index (Phi) is 3.69. The van der Waals surface area contributed by atoms with E-state index in [9.17, 15) is 26.0 Å². The Hall–Kier alpha value is -7.76. The minimum atomic E-state index is -5.91. The molecular weight excluding hydrogens is 809 g/mol. The molecule has 0 aliphatic heterocycles. The van der Waals surface area contributed by atoms with Crippen molar-refractivity contribution >= 4 is 104 Å². The quantitative estimate of drug-likeness (QED) is 0.111. The summed E-state index contributed by atoms with van der Waals surface area (Å²) in [6.45, 7) is 0. The number of rotatable bonds is 7. The molecule has 0 amide bonds. The summed E-state index contributed by atoms with van der Waals surface area (Å²) in [5.41, 5.74) is -5.83. The Morgan fingerprint density at radius 1 is 0.391 bits per heavy atom. The van der Waals surface area contributed by atoms with E-state index < -0.39 is 312 Å². The molecule has 0 bridgehead atoms. The molecule has 64 heavy (non-hydrogen) atoms. The van der Waals surface area contributed by atoms with Gasteiger partial charge in [-0.15, -0.1) is 11.3 Å². The van der Waals surface area contributed by atoms with Gasteiger partial charge in [0, 0.05) is 42.7 Å². The zero-order valence-electron chi connectivity index (χ0n) is 67.2. The van der Waals surface area contributed by atoms with Gasteiger partial charge in [-0.25, -0.2) is 0 Å². The fraction of sp³-hybridized carbons (Fsp3) is 0.